The SMILES string of the molecule is C=CCOC(=O)C(O)C(=O)OP(F)F. The Labute approximate surface area is 79.4 Å². The summed E-state index contributed by atoms with van der Waals surface area (Å²) < 4.78 is 30.5. The van der Waals surface area contributed by atoms with Crippen molar-refractivity contribution < 1.29 is 32.4 Å². The van der Waals surface area contributed by atoms with Crippen molar-refractivity contribution >= 4 is 20.7 Å². The molecule has 0 amide bonds. The summed E-state index contributed by atoms with van der Waals surface area (Å²) in [5.41, 5.74) is 0. The van der Waals surface area contributed by atoms with Gasteiger partial charge in [-0.1, -0.05) is 12.7 Å². The number of rotatable bonds is 5. The standard InChI is InChI=1S/C6H7F2O5P/c1-2-3-12-5(10)4(9)6(11)13-14(7)8/h2,4,9H,1,3H2. The normalized spacial score (nSPS) is 12.0. The Bertz CT molecular complexity index is 232. The monoisotopic (exact) mass is 228 g/mol. The number of carbonyl (C=O) groups is 2. The molecule has 1 unspecified atom stereocenters. The third-order valence-corrected chi connectivity index (χ3v) is 1.27. The number of ether oxygens (including phenoxy) is 1. The van der Waals surface area contributed by atoms with E-state index in [0.717, 1.165) is 0 Å². The summed E-state index contributed by atoms with van der Waals surface area (Å²) >= 11 is 0. The zero-order chi connectivity index (χ0) is 11.1. The first-order valence-electron chi connectivity index (χ1n) is 3.28. The predicted octanol–water partition coefficient (Wildman–Crippen LogP) is 0.786. The van der Waals surface area contributed by atoms with E-state index in [1.807, 2.05) is 0 Å². The fraction of sp³-hybridized carbons (Fsp3) is 0.333. The van der Waals surface area contributed by atoms with Crippen LogP contribution in [0.1, 0.15) is 0 Å². The van der Waals surface area contributed by atoms with Gasteiger partial charge in [0.2, 0.25) is 6.10 Å². The van der Waals surface area contributed by atoms with E-state index >= 15 is 0 Å². The highest BCUT2D eigenvalue weighted by Gasteiger charge is 2.29. The van der Waals surface area contributed by atoms with E-state index in [0.29, 0.717) is 0 Å². The van der Waals surface area contributed by atoms with Crippen LogP contribution in [0.4, 0.5) is 8.39 Å². The second-order valence-corrected chi connectivity index (χ2v) is 2.52. The molecule has 0 bridgehead atoms. The average Bonchev–Trinajstić information content (AvgIpc) is 2.11. The van der Waals surface area contributed by atoms with Crippen LogP contribution in [0.3, 0.4) is 0 Å². The summed E-state index contributed by atoms with van der Waals surface area (Å²) in [6.45, 7) is 2.96. The predicted molar refractivity (Wildman–Crippen MR) is 42.4 cm³/mol. The Balaban J connectivity index is 4.03. The van der Waals surface area contributed by atoms with E-state index in [1.165, 1.54) is 6.08 Å². The summed E-state index contributed by atoms with van der Waals surface area (Å²) in [7, 11) is -3.95. The van der Waals surface area contributed by atoms with Crippen LogP contribution in [-0.4, -0.2) is 29.8 Å². The topological polar surface area (TPSA) is 72.8 Å². The van der Waals surface area contributed by atoms with Crippen molar-refractivity contribution in [1.82, 2.24) is 0 Å². The van der Waals surface area contributed by atoms with Gasteiger partial charge in [0.05, 0.1) is 0 Å². The van der Waals surface area contributed by atoms with Crippen LogP contribution in [0.2, 0.25) is 0 Å². The molecule has 0 heterocycles. The fourth-order valence-electron chi connectivity index (χ4n) is 0.434. The van der Waals surface area contributed by atoms with Gasteiger partial charge in [-0.3, -0.25) is 0 Å². The number of esters is 1. The van der Waals surface area contributed by atoms with Crippen LogP contribution in [0.15, 0.2) is 12.7 Å². The second kappa shape index (κ2) is 6.39. The molecule has 0 aliphatic carbocycles. The molecule has 0 aromatic rings. The Hall–Kier alpha value is -1.07. The van der Waals surface area contributed by atoms with Crippen LogP contribution < -0.4 is 0 Å². The van der Waals surface area contributed by atoms with Crippen molar-refractivity contribution in [2.24, 2.45) is 0 Å². The molecule has 1 atom stereocenters. The highest BCUT2D eigenvalue weighted by atomic mass is 31.2. The molecule has 0 rings (SSSR count). The molecule has 0 aromatic carbocycles. The van der Waals surface area contributed by atoms with Crippen LogP contribution in [0.25, 0.3) is 0 Å². The molecule has 0 saturated heterocycles. The molecule has 0 aromatic heterocycles. The average molecular weight is 228 g/mol. The van der Waals surface area contributed by atoms with E-state index in [1.54, 1.807) is 0 Å². The van der Waals surface area contributed by atoms with Gasteiger partial charge in [-0.15, -0.1) is 8.39 Å². The van der Waals surface area contributed by atoms with E-state index < -0.39 is 26.8 Å². The third kappa shape index (κ3) is 4.84. The van der Waals surface area contributed by atoms with E-state index in [-0.39, 0.29) is 6.61 Å². The first-order valence-corrected chi connectivity index (χ1v) is 4.32. The molecule has 5 nitrogen and oxygen atoms in total. The lowest BCUT2D eigenvalue weighted by molar-refractivity contribution is -0.162. The molecule has 80 valence electrons. The van der Waals surface area contributed by atoms with Gasteiger partial charge in [0.15, 0.2) is 0 Å². The van der Waals surface area contributed by atoms with Crippen LogP contribution in [-0.2, 0) is 18.8 Å². The van der Waals surface area contributed by atoms with Gasteiger partial charge in [0.1, 0.15) is 6.61 Å². The van der Waals surface area contributed by atoms with Crippen LogP contribution in [0, 0.1) is 0 Å². The molecule has 8 heteroatoms. The number of aliphatic hydroxyl groups is 1. The van der Waals surface area contributed by atoms with Gasteiger partial charge in [-0.05, 0) is 0 Å². The number of carbonyl (C=O) groups excluding carboxylic acids is 2. The van der Waals surface area contributed by atoms with E-state index in [4.69, 9.17) is 5.11 Å². The molecule has 1 N–H and O–H groups in total. The van der Waals surface area contributed by atoms with Crippen molar-refractivity contribution in [2.75, 3.05) is 6.61 Å². The molecule has 0 spiro atoms. The minimum absolute atomic E-state index is 0.233. The summed E-state index contributed by atoms with van der Waals surface area (Å²) in [5, 5.41) is 8.76. The lowest BCUT2D eigenvalue weighted by Crippen LogP contribution is -2.32. The summed E-state index contributed by atoms with van der Waals surface area (Å²) in [5.74, 6) is -3.08. The molecule has 0 aliphatic heterocycles. The smallest absolute Gasteiger partial charge is 0.459 e. The Morgan fingerprint density at radius 3 is 2.50 bits per heavy atom. The molecule has 14 heavy (non-hydrogen) atoms. The molecular weight excluding hydrogens is 221 g/mol. The van der Waals surface area contributed by atoms with Crippen molar-refractivity contribution in [3.63, 3.8) is 0 Å². The van der Waals surface area contributed by atoms with Crippen LogP contribution >= 0.6 is 8.77 Å². The van der Waals surface area contributed by atoms with Gasteiger partial charge in [0, 0.05) is 0 Å². The molecule has 0 fully saturated rings. The minimum atomic E-state index is -3.95. The van der Waals surface area contributed by atoms with Crippen molar-refractivity contribution in [2.45, 2.75) is 6.10 Å². The second-order valence-electron chi connectivity index (χ2n) is 1.93. The molecule has 0 saturated carbocycles. The highest BCUT2D eigenvalue weighted by molar-refractivity contribution is 7.41. The molecule has 0 radical (unpaired) electrons. The highest BCUT2D eigenvalue weighted by Crippen LogP contribution is 2.40. The summed E-state index contributed by atoms with van der Waals surface area (Å²) in [4.78, 5) is 21.2. The van der Waals surface area contributed by atoms with Gasteiger partial charge < -0.3 is 14.4 Å². The quantitative estimate of drug-likeness (QED) is 0.326. The van der Waals surface area contributed by atoms with Crippen molar-refractivity contribution in [3.05, 3.63) is 12.7 Å². The van der Waals surface area contributed by atoms with E-state index in [2.05, 4.69) is 15.8 Å². The van der Waals surface area contributed by atoms with Crippen molar-refractivity contribution in [1.29, 1.82) is 0 Å². The zero-order valence-electron chi connectivity index (χ0n) is 6.85. The first kappa shape index (κ1) is 12.9. The lowest BCUT2D eigenvalue weighted by Gasteiger charge is -2.07. The minimum Gasteiger partial charge on any atom is -0.459 e. The van der Waals surface area contributed by atoms with Gasteiger partial charge >= 0.3 is 20.7 Å². The number of hydrogen-bond donors (Lipinski definition) is 1. The first-order chi connectivity index (χ1) is 6.49. The fourth-order valence-corrected chi connectivity index (χ4v) is 0.670. The maximum absolute atomic E-state index is 11.5. The van der Waals surface area contributed by atoms with Gasteiger partial charge in [-0.25, -0.2) is 9.59 Å². The third-order valence-electron chi connectivity index (χ3n) is 0.949. The summed E-state index contributed by atoms with van der Waals surface area (Å²) in [6, 6.07) is 0. The van der Waals surface area contributed by atoms with Crippen LogP contribution in [0.5, 0.6) is 0 Å². The Morgan fingerprint density at radius 1 is 1.50 bits per heavy atom. The Morgan fingerprint density at radius 2 is 2.07 bits per heavy atom. The Kier molecular flexibility index (Phi) is 5.91. The lowest BCUT2D eigenvalue weighted by atomic mass is 10.4. The van der Waals surface area contributed by atoms with Gasteiger partial charge in [0.25, 0.3) is 0 Å². The number of hydrogen-bond acceptors (Lipinski definition) is 5. The zero-order valence-corrected chi connectivity index (χ0v) is 7.75. The van der Waals surface area contributed by atoms with Crippen molar-refractivity contribution in [3.8, 4) is 0 Å². The molecular formula is C6H7F2O5P. The molecule has 0 aliphatic rings. The largest absolute Gasteiger partial charge is 0.483 e. The van der Waals surface area contributed by atoms with E-state index in [9.17, 15) is 18.0 Å². The number of aliphatic hydroxyl groups excluding tert-OH is 1. The van der Waals surface area contributed by atoms with Gasteiger partial charge in [-0.2, -0.15) is 0 Å². The number of halogens is 2. The summed E-state index contributed by atoms with van der Waals surface area (Å²) in [6.07, 6.45) is -1.15. The maximum Gasteiger partial charge on any atom is 0.483 e. The maximum atomic E-state index is 11.5.